The van der Waals surface area contributed by atoms with Crippen LogP contribution in [0.2, 0.25) is 0 Å². The van der Waals surface area contributed by atoms with Crippen LogP contribution in [0.25, 0.3) is 0 Å². The Kier molecular flexibility index (Phi) is 3.77. The predicted octanol–water partition coefficient (Wildman–Crippen LogP) is 2.92. The van der Waals surface area contributed by atoms with Crippen molar-refractivity contribution < 1.29 is 9.72 Å². The molecule has 4 nitrogen and oxygen atoms in total. The minimum Gasteiger partial charge on any atom is -0.299 e. The van der Waals surface area contributed by atoms with Crippen LogP contribution >= 0.6 is 0 Å². The van der Waals surface area contributed by atoms with E-state index in [2.05, 4.69) is 0 Å². The summed E-state index contributed by atoms with van der Waals surface area (Å²) < 4.78 is 0. The number of carbonyl (C=O) groups excluding carboxylic acids is 1. The highest BCUT2D eigenvalue weighted by Crippen LogP contribution is 2.28. The van der Waals surface area contributed by atoms with E-state index < -0.39 is 10.8 Å². The molecule has 86 valence electrons. The highest BCUT2D eigenvalue weighted by molar-refractivity contribution is 5.87. The van der Waals surface area contributed by atoms with Crippen molar-refractivity contribution in [2.24, 2.45) is 5.92 Å². The molecule has 1 rings (SSSR count). The SMILES string of the molecule is CC(C)C(=O)C(C)c1ccccc1[N+](=O)[O-]. The van der Waals surface area contributed by atoms with Crippen molar-refractivity contribution in [1.29, 1.82) is 0 Å². The van der Waals surface area contributed by atoms with E-state index in [1.165, 1.54) is 6.07 Å². The molecule has 0 fully saturated rings. The number of ketones is 1. The topological polar surface area (TPSA) is 60.2 Å². The van der Waals surface area contributed by atoms with Crippen molar-refractivity contribution >= 4 is 11.5 Å². The fraction of sp³-hybridized carbons (Fsp3) is 0.417. The number of benzene rings is 1. The molecule has 1 aromatic rings. The molecular formula is C12H15NO3. The third kappa shape index (κ3) is 2.45. The van der Waals surface area contributed by atoms with Crippen LogP contribution in [0.5, 0.6) is 0 Å². The van der Waals surface area contributed by atoms with Gasteiger partial charge in [0, 0.05) is 23.5 Å². The molecule has 0 N–H and O–H groups in total. The molecule has 0 aliphatic carbocycles. The van der Waals surface area contributed by atoms with Crippen LogP contribution in [0.4, 0.5) is 5.69 Å². The number of carbonyl (C=O) groups is 1. The standard InChI is InChI=1S/C12H15NO3/c1-8(2)12(14)9(3)10-6-4-5-7-11(10)13(15)16/h4-9H,1-3H3. The van der Waals surface area contributed by atoms with Gasteiger partial charge in [0.1, 0.15) is 5.78 Å². The van der Waals surface area contributed by atoms with Gasteiger partial charge in [0.15, 0.2) is 0 Å². The van der Waals surface area contributed by atoms with Crippen LogP contribution < -0.4 is 0 Å². The Morgan fingerprint density at radius 3 is 2.31 bits per heavy atom. The van der Waals surface area contributed by atoms with E-state index in [9.17, 15) is 14.9 Å². The summed E-state index contributed by atoms with van der Waals surface area (Å²) in [5.41, 5.74) is 0.509. The monoisotopic (exact) mass is 221 g/mol. The second-order valence-corrected chi connectivity index (χ2v) is 4.09. The first-order valence-electron chi connectivity index (χ1n) is 5.22. The van der Waals surface area contributed by atoms with Crippen LogP contribution in [-0.4, -0.2) is 10.7 Å². The summed E-state index contributed by atoms with van der Waals surface area (Å²) in [5, 5.41) is 10.8. The Labute approximate surface area is 94.4 Å². The summed E-state index contributed by atoms with van der Waals surface area (Å²) in [4.78, 5) is 22.2. The quantitative estimate of drug-likeness (QED) is 0.580. The first-order valence-corrected chi connectivity index (χ1v) is 5.22. The number of Topliss-reactive ketones (excluding diaryl/α,β-unsaturated/α-hetero) is 1. The summed E-state index contributed by atoms with van der Waals surface area (Å²) >= 11 is 0. The molecule has 0 amide bonds. The van der Waals surface area contributed by atoms with Crippen molar-refractivity contribution in [3.8, 4) is 0 Å². The number of hydrogen-bond acceptors (Lipinski definition) is 3. The lowest BCUT2D eigenvalue weighted by Gasteiger charge is -2.13. The Morgan fingerprint density at radius 2 is 1.81 bits per heavy atom. The van der Waals surface area contributed by atoms with Gasteiger partial charge in [-0.15, -0.1) is 0 Å². The maximum atomic E-state index is 11.8. The van der Waals surface area contributed by atoms with Crippen LogP contribution in [0.3, 0.4) is 0 Å². The van der Waals surface area contributed by atoms with Gasteiger partial charge in [-0.3, -0.25) is 14.9 Å². The lowest BCUT2D eigenvalue weighted by Crippen LogP contribution is -2.16. The van der Waals surface area contributed by atoms with Crippen LogP contribution in [0, 0.1) is 16.0 Å². The van der Waals surface area contributed by atoms with Gasteiger partial charge in [-0.1, -0.05) is 39.0 Å². The molecule has 0 radical (unpaired) electrons. The Bertz CT molecular complexity index is 412. The lowest BCUT2D eigenvalue weighted by molar-refractivity contribution is -0.385. The third-order valence-electron chi connectivity index (χ3n) is 2.60. The van der Waals surface area contributed by atoms with E-state index in [-0.39, 0.29) is 17.4 Å². The van der Waals surface area contributed by atoms with Gasteiger partial charge in [0.25, 0.3) is 5.69 Å². The average molecular weight is 221 g/mol. The minimum atomic E-state index is -0.445. The third-order valence-corrected chi connectivity index (χ3v) is 2.60. The zero-order valence-corrected chi connectivity index (χ0v) is 9.64. The molecule has 0 heterocycles. The molecule has 4 heteroatoms. The van der Waals surface area contributed by atoms with Gasteiger partial charge >= 0.3 is 0 Å². The molecule has 0 aromatic heterocycles. The molecule has 0 aliphatic rings. The van der Waals surface area contributed by atoms with Crippen molar-refractivity contribution in [2.45, 2.75) is 26.7 Å². The number of nitro benzene ring substituents is 1. The van der Waals surface area contributed by atoms with Crippen molar-refractivity contribution in [2.75, 3.05) is 0 Å². The summed E-state index contributed by atoms with van der Waals surface area (Å²) in [7, 11) is 0. The lowest BCUT2D eigenvalue weighted by atomic mass is 9.89. The second-order valence-electron chi connectivity index (χ2n) is 4.09. The first-order chi connectivity index (χ1) is 7.45. The zero-order valence-electron chi connectivity index (χ0n) is 9.64. The van der Waals surface area contributed by atoms with E-state index in [0.29, 0.717) is 5.56 Å². The van der Waals surface area contributed by atoms with E-state index >= 15 is 0 Å². The molecule has 0 saturated heterocycles. The van der Waals surface area contributed by atoms with Crippen molar-refractivity contribution in [1.82, 2.24) is 0 Å². The van der Waals surface area contributed by atoms with Crippen molar-refractivity contribution in [3.05, 3.63) is 39.9 Å². The number of hydrogen-bond donors (Lipinski definition) is 0. The normalized spacial score (nSPS) is 12.5. The number of nitrogens with zero attached hydrogens (tertiary/aromatic N) is 1. The molecule has 0 bridgehead atoms. The van der Waals surface area contributed by atoms with Gasteiger partial charge in [0.2, 0.25) is 0 Å². The van der Waals surface area contributed by atoms with Crippen molar-refractivity contribution in [3.63, 3.8) is 0 Å². The zero-order chi connectivity index (χ0) is 12.3. The fourth-order valence-electron chi connectivity index (χ4n) is 1.67. The van der Waals surface area contributed by atoms with Gasteiger partial charge in [-0.25, -0.2) is 0 Å². The molecule has 1 unspecified atom stereocenters. The number of nitro groups is 1. The maximum Gasteiger partial charge on any atom is 0.273 e. The van der Waals surface area contributed by atoms with Gasteiger partial charge in [-0.05, 0) is 0 Å². The van der Waals surface area contributed by atoms with Gasteiger partial charge in [-0.2, -0.15) is 0 Å². The molecule has 1 atom stereocenters. The van der Waals surface area contributed by atoms with Gasteiger partial charge < -0.3 is 0 Å². The number of rotatable bonds is 4. The molecular weight excluding hydrogens is 206 g/mol. The smallest absolute Gasteiger partial charge is 0.273 e. The van der Waals surface area contributed by atoms with Crippen LogP contribution in [0.1, 0.15) is 32.3 Å². The Hall–Kier alpha value is -1.71. The number of para-hydroxylation sites is 1. The summed E-state index contributed by atoms with van der Waals surface area (Å²) in [6.45, 7) is 5.31. The molecule has 1 aromatic carbocycles. The Balaban J connectivity index is 3.13. The summed E-state index contributed by atoms with van der Waals surface area (Å²) in [6, 6.07) is 6.39. The molecule has 16 heavy (non-hydrogen) atoms. The molecule has 0 spiro atoms. The van der Waals surface area contributed by atoms with E-state index in [1.54, 1.807) is 39.0 Å². The summed E-state index contributed by atoms with van der Waals surface area (Å²) in [6.07, 6.45) is 0. The Morgan fingerprint density at radius 1 is 1.25 bits per heavy atom. The predicted molar refractivity (Wildman–Crippen MR) is 61.4 cm³/mol. The van der Waals surface area contributed by atoms with Gasteiger partial charge in [0.05, 0.1) is 4.92 Å². The van der Waals surface area contributed by atoms with E-state index in [1.807, 2.05) is 0 Å². The highest BCUT2D eigenvalue weighted by atomic mass is 16.6. The highest BCUT2D eigenvalue weighted by Gasteiger charge is 2.24. The molecule has 0 saturated carbocycles. The second kappa shape index (κ2) is 4.88. The van der Waals surface area contributed by atoms with E-state index in [0.717, 1.165) is 0 Å². The van der Waals surface area contributed by atoms with Crippen LogP contribution in [-0.2, 0) is 4.79 Å². The minimum absolute atomic E-state index is 0.0176. The molecule has 0 aliphatic heterocycles. The largest absolute Gasteiger partial charge is 0.299 e. The van der Waals surface area contributed by atoms with Crippen LogP contribution in [0.15, 0.2) is 24.3 Å². The fourth-order valence-corrected chi connectivity index (χ4v) is 1.67. The summed E-state index contributed by atoms with van der Waals surface area (Å²) in [5.74, 6) is -0.522. The first kappa shape index (κ1) is 12.4. The average Bonchev–Trinajstić information content (AvgIpc) is 2.26. The maximum absolute atomic E-state index is 11.8. The van der Waals surface area contributed by atoms with E-state index in [4.69, 9.17) is 0 Å².